The maximum atomic E-state index is 13.1. The van der Waals surface area contributed by atoms with Crippen molar-refractivity contribution < 1.29 is 32.9 Å². The number of amides is 1. The van der Waals surface area contributed by atoms with E-state index in [0.29, 0.717) is 17.4 Å². The number of hydrogen-bond acceptors (Lipinski definition) is 5. The molecule has 0 radical (unpaired) electrons. The quantitative estimate of drug-likeness (QED) is 0.0243. The molecule has 0 fully saturated rings. The van der Waals surface area contributed by atoms with E-state index in [1.165, 1.54) is 379 Å². The van der Waals surface area contributed by atoms with Crippen molar-refractivity contribution in [3.05, 3.63) is 48.6 Å². The molecule has 0 aliphatic rings. The van der Waals surface area contributed by atoms with Gasteiger partial charge in [-0.05, 0) is 70.6 Å². The molecular weight excluding hydrogens is 1190 g/mol. The predicted molar refractivity (Wildman–Crippen MR) is 420 cm³/mol. The fourth-order valence-corrected chi connectivity index (χ4v) is 13.9. The van der Waals surface area contributed by atoms with E-state index in [0.717, 1.165) is 44.9 Å². The third kappa shape index (κ3) is 79.7. The number of hydrogen-bond donors (Lipinski definition) is 3. The van der Waals surface area contributed by atoms with Crippen LogP contribution in [0.3, 0.4) is 0 Å². The van der Waals surface area contributed by atoms with Gasteiger partial charge < -0.3 is 19.8 Å². The van der Waals surface area contributed by atoms with E-state index in [2.05, 4.69) is 55.6 Å². The van der Waals surface area contributed by atoms with Crippen molar-refractivity contribution in [1.82, 2.24) is 5.32 Å². The monoisotopic (exact) mass is 1360 g/mol. The smallest absolute Gasteiger partial charge is 0.387 e. The summed E-state index contributed by atoms with van der Waals surface area (Å²) in [5.41, 5.74) is 0. The minimum atomic E-state index is -4.37. The molecule has 0 aliphatic carbocycles. The van der Waals surface area contributed by atoms with E-state index in [-0.39, 0.29) is 19.1 Å². The zero-order valence-electron chi connectivity index (χ0n) is 64.7. The first-order valence-electron chi connectivity index (χ1n) is 42.5. The number of aliphatic hydroxyl groups excluding tert-OH is 1. The van der Waals surface area contributed by atoms with Crippen LogP contribution in [-0.4, -0.2) is 73.4 Å². The van der Waals surface area contributed by atoms with Crippen molar-refractivity contribution in [3.63, 3.8) is 0 Å². The number of allylic oxidation sites excluding steroid dienone is 7. The van der Waals surface area contributed by atoms with Gasteiger partial charge in [0, 0.05) is 6.42 Å². The normalized spacial score (nSPS) is 13.6. The van der Waals surface area contributed by atoms with Crippen LogP contribution in [0.1, 0.15) is 444 Å². The lowest BCUT2D eigenvalue weighted by Gasteiger charge is -2.25. The summed E-state index contributed by atoms with van der Waals surface area (Å²) in [4.78, 5) is 23.5. The molecule has 3 unspecified atom stereocenters. The van der Waals surface area contributed by atoms with Gasteiger partial charge in [0.2, 0.25) is 5.91 Å². The van der Waals surface area contributed by atoms with Crippen LogP contribution in [0.25, 0.3) is 0 Å². The van der Waals surface area contributed by atoms with Gasteiger partial charge in [-0.25, -0.2) is 4.57 Å². The Morgan fingerprint density at radius 2 is 0.579 bits per heavy atom. The minimum Gasteiger partial charge on any atom is -0.387 e. The molecule has 0 aromatic carbocycles. The van der Waals surface area contributed by atoms with Gasteiger partial charge in [0.05, 0.1) is 39.9 Å². The summed E-state index contributed by atoms with van der Waals surface area (Å²) in [6.07, 6.45) is 106. The lowest BCUT2D eigenvalue weighted by atomic mass is 10.0. The summed E-state index contributed by atoms with van der Waals surface area (Å²) in [6.45, 7) is 4.85. The van der Waals surface area contributed by atoms with Gasteiger partial charge in [0.15, 0.2) is 0 Å². The molecule has 9 heteroatoms. The van der Waals surface area contributed by atoms with E-state index in [4.69, 9.17) is 9.05 Å². The fraction of sp³-hybridized carbons (Fsp3) is 0.895. The molecule has 3 N–H and O–H groups in total. The van der Waals surface area contributed by atoms with Crippen LogP contribution >= 0.6 is 7.82 Å². The Morgan fingerprint density at radius 3 is 0.842 bits per heavy atom. The molecule has 95 heavy (non-hydrogen) atoms. The summed E-state index contributed by atoms with van der Waals surface area (Å²) in [6, 6.07) is -0.872. The molecule has 0 spiro atoms. The third-order valence-corrected chi connectivity index (χ3v) is 20.7. The summed E-state index contributed by atoms with van der Waals surface area (Å²) in [5.74, 6) is -0.182. The SMILES string of the molecule is CCCCCCCCCC/C=C\CCCCCCCCCCCCCCCCCCCCCCCCCCCCCCCC(=O)NC(COP(=O)(O)OCC[N+](C)(C)C)C(O)/C=C/CC/C=C/CC/C=C/CCCCCCCCCCCCCCCCCCCCCCCC. The van der Waals surface area contributed by atoms with Gasteiger partial charge in [0.1, 0.15) is 13.2 Å². The van der Waals surface area contributed by atoms with Gasteiger partial charge in [-0.1, -0.05) is 416 Å². The summed E-state index contributed by atoms with van der Waals surface area (Å²) < 4.78 is 23.9. The average Bonchev–Trinajstić information content (AvgIpc) is 2.01. The molecule has 0 saturated heterocycles. The molecule has 562 valence electrons. The van der Waals surface area contributed by atoms with Crippen LogP contribution in [0, 0.1) is 0 Å². The predicted octanol–water partition coefficient (Wildman–Crippen LogP) is 28.1. The van der Waals surface area contributed by atoms with Crippen LogP contribution < -0.4 is 5.32 Å². The molecule has 0 aromatic rings. The molecule has 8 nitrogen and oxygen atoms in total. The van der Waals surface area contributed by atoms with E-state index < -0.39 is 20.0 Å². The molecule has 1 amide bonds. The van der Waals surface area contributed by atoms with Crippen LogP contribution in [-0.2, 0) is 18.4 Å². The number of likely N-dealkylation sites (N-methyl/N-ethyl adjacent to an activating group) is 1. The number of carbonyl (C=O) groups excluding carboxylic acids is 1. The van der Waals surface area contributed by atoms with E-state index >= 15 is 0 Å². The number of unbranched alkanes of at least 4 members (excludes halogenated alkanes) is 61. The van der Waals surface area contributed by atoms with Gasteiger partial charge >= 0.3 is 7.82 Å². The molecule has 0 aliphatic heterocycles. The number of nitrogens with one attached hydrogen (secondary N) is 1. The molecule has 0 heterocycles. The maximum Gasteiger partial charge on any atom is 0.472 e. The Kier molecular flexibility index (Phi) is 75.4. The van der Waals surface area contributed by atoms with Crippen molar-refractivity contribution >= 4 is 13.7 Å². The Labute approximate surface area is 594 Å². The number of aliphatic hydroxyl groups is 1. The first kappa shape index (κ1) is 93.5. The highest BCUT2D eigenvalue weighted by molar-refractivity contribution is 7.47. The van der Waals surface area contributed by atoms with Crippen LogP contribution in [0.4, 0.5) is 0 Å². The number of phosphoric ester groups is 1. The topological polar surface area (TPSA) is 105 Å². The summed E-state index contributed by atoms with van der Waals surface area (Å²) in [5, 5.41) is 14.0. The van der Waals surface area contributed by atoms with Gasteiger partial charge in [-0.2, -0.15) is 0 Å². The summed E-state index contributed by atoms with van der Waals surface area (Å²) >= 11 is 0. The number of quaternary nitrogens is 1. The fourth-order valence-electron chi connectivity index (χ4n) is 13.2. The number of carbonyl (C=O) groups is 1. The number of phosphoric acid groups is 1. The standard InChI is InChI=1S/C86H167N2O6P/c1-6-8-10-12-14-16-18-20-22-24-26-28-30-32-34-36-38-40-41-42-43-44-45-46-47-48-50-52-54-56-58-60-62-64-66-68-70-72-74-76-78-80-86(90)87-84(83-94-95(91,92)93-82-81-88(3,4)5)85(89)79-77-75-73-71-69-67-65-63-61-59-57-55-53-51-49-39-37-35-33-31-29-27-25-23-21-19-17-15-13-11-9-7-2/h24,26,61,63,69,71,77,79,84-85,89H,6-23,25,27-60,62,64-68,70,72-76,78,80-83H2,1-5H3,(H-,87,90,91,92)/p+1/b26-24-,63-61+,71-69+,79-77+. The van der Waals surface area contributed by atoms with Crippen molar-refractivity contribution in [3.8, 4) is 0 Å². The van der Waals surface area contributed by atoms with Crippen LogP contribution in [0.15, 0.2) is 48.6 Å². The Balaban J connectivity index is 3.94. The second-order valence-corrected chi connectivity index (χ2v) is 32.0. The second-order valence-electron chi connectivity index (χ2n) is 30.5. The molecule has 0 aromatic heterocycles. The van der Waals surface area contributed by atoms with Crippen LogP contribution in [0.2, 0.25) is 0 Å². The van der Waals surface area contributed by atoms with Gasteiger partial charge in [-0.15, -0.1) is 0 Å². The van der Waals surface area contributed by atoms with E-state index in [1.807, 2.05) is 27.2 Å². The summed E-state index contributed by atoms with van der Waals surface area (Å²) in [7, 11) is 1.57. The molecule has 0 rings (SSSR count). The van der Waals surface area contributed by atoms with E-state index in [9.17, 15) is 19.4 Å². The average molecular weight is 1360 g/mol. The van der Waals surface area contributed by atoms with E-state index in [1.54, 1.807) is 6.08 Å². The zero-order valence-corrected chi connectivity index (χ0v) is 65.6. The first-order valence-corrected chi connectivity index (χ1v) is 44.0. The van der Waals surface area contributed by atoms with Crippen molar-refractivity contribution in [2.45, 2.75) is 456 Å². The van der Waals surface area contributed by atoms with Crippen molar-refractivity contribution in [1.29, 1.82) is 0 Å². The number of rotatable bonds is 80. The minimum absolute atomic E-state index is 0.0550. The highest BCUT2D eigenvalue weighted by atomic mass is 31.2. The number of nitrogens with zero attached hydrogens (tertiary/aromatic N) is 1. The third-order valence-electron chi connectivity index (χ3n) is 19.7. The molecule has 0 saturated carbocycles. The van der Waals surface area contributed by atoms with Gasteiger partial charge in [0.25, 0.3) is 0 Å². The van der Waals surface area contributed by atoms with Crippen molar-refractivity contribution in [2.24, 2.45) is 0 Å². The van der Waals surface area contributed by atoms with Gasteiger partial charge in [-0.3, -0.25) is 13.8 Å². The maximum absolute atomic E-state index is 13.1. The van der Waals surface area contributed by atoms with Crippen molar-refractivity contribution in [2.75, 3.05) is 40.9 Å². The van der Waals surface area contributed by atoms with Crippen LogP contribution in [0.5, 0.6) is 0 Å². The lowest BCUT2D eigenvalue weighted by Crippen LogP contribution is -2.45. The lowest BCUT2D eigenvalue weighted by molar-refractivity contribution is -0.870. The molecular formula is C86H168N2O6P+. The molecule has 3 atom stereocenters. The largest absolute Gasteiger partial charge is 0.472 e. The zero-order chi connectivity index (χ0) is 69.0. The first-order chi connectivity index (χ1) is 46.5. The highest BCUT2D eigenvalue weighted by Crippen LogP contribution is 2.43. The second kappa shape index (κ2) is 76.6. The Morgan fingerprint density at radius 1 is 0.347 bits per heavy atom. The Bertz CT molecular complexity index is 1690. The molecule has 0 bridgehead atoms. The highest BCUT2D eigenvalue weighted by Gasteiger charge is 2.28. The Hall–Kier alpha value is -1.54.